The number of carbonyl (C=O) groups is 2. The number of hydrogen-bond acceptors (Lipinski definition) is 4. The van der Waals surface area contributed by atoms with Crippen molar-refractivity contribution in [2.45, 2.75) is 40.2 Å². The van der Waals surface area contributed by atoms with Gasteiger partial charge in [-0.2, -0.15) is 0 Å². The van der Waals surface area contributed by atoms with Crippen molar-refractivity contribution >= 4 is 17.1 Å². The van der Waals surface area contributed by atoms with E-state index in [-0.39, 0.29) is 5.92 Å². The Bertz CT molecular complexity index is 706. The lowest BCUT2D eigenvalue weighted by atomic mass is 9.87. The van der Waals surface area contributed by atoms with Crippen LogP contribution in [0.1, 0.15) is 55.6 Å². The van der Waals surface area contributed by atoms with Crippen molar-refractivity contribution in [2.75, 3.05) is 20.6 Å². The van der Waals surface area contributed by atoms with Gasteiger partial charge in [0.05, 0.1) is 0 Å². The molecule has 0 amide bonds. The fraction of sp³-hybridized carbons (Fsp3) is 0.500. The number of likely N-dealkylation sites (N-methyl/N-ethyl adjacent to an activating group) is 1. The van der Waals surface area contributed by atoms with Gasteiger partial charge in [-0.25, -0.2) is 4.98 Å². The van der Waals surface area contributed by atoms with Crippen LogP contribution in [-0.4, -0.2) is 46.7 Å². The second-order valence-corrected chi connectivity index (χ2v) is 6.34. The highest BCUT2D eigenvalue weighted by Crippen LogP contribution is 2.34. The molecule has 0 saturated carbocycles. The summed E-state index contributed by atoms with van der Waals surface area (Å²) in [6.45, 7) is 9.19. The first-order chi connectivity index (χ1) is 10.8. The summed E-state index contributed by atoms with van der Waals surface area (Å²) in [5.74, 6) is 0.152. The predicted molar refractivity (Wildman–Crippen MR) is 91.6 cm³/mol. The van der Waals surface area contributed by atoms with Crippen LogP contribution in [0, 0.1) is 0 Å². The molecule has 1 aliphatic carbocycles. The number of ketones is 2. The van der Waals surface area contributed by atoms with E-state index in [2.05, 4.69) is 18.7 Å². The first-order valence-electron chi connectivity index (χ1n) is 8.00. The highest BCUT2D eigenvalue weighted by atomic mass is 16.2. The van der Waals surface area contributed by atoms with Crippen LogP contribution in [0.3, 0.4) is 0 Å². The third kappa shape index (κ3) is 2.93. The number of hydrogen-bond donors (Lipinski definition) is 0. The van der Waals surface area contributed by atoms with Gasteiger partial charge in [0.2, 0.25) is 5.78 Å². The Hall–Kier alpha value is -2.01. The van der Waals surface area contributed by atoms with E-state index in [1.807, 2.05) is 31.7 Å². The first-order valence-corrected chi connectivity index (χ1v) is 8.00. The molecule has 5 heteroatoms. The van der Waals surface area contributed by atoms with Crippen molar-refractivity contribution in [1.82, 2.24) is 14.5 Å². The van der Waals surface area contributed by atoms with Crippen LogP contribution in [0.2, 0.25) is 0 Å². The second kappa shape index (κ2) is 6.62. The van der Waals surface area contributed by atoms with Crippen molar-refractivity contribution in [3.05, 3.63) is 34.9 Å². The molecular formula is C18H25N3O2. The van der Waals surface area contributed by atoms with E-state index in [4.69, 9.17) is 4.98 Å². The number of rotatable bonds is 4. The summed E-state index contributed by atoms with van der Waals surface area (Å²) in [5, 5.41) is 0. The zero-order valence-electron chi connectivity index (χ0n) is 14.8. The smallest absolute Gasteiger partial charge is 0.252 e. The fourth-order valence-corrected chi connectivity index (χ4v) is 2.91. The summed E-state index contributed by atoms with van der Waals surface area (Å²) in [5.41, 5.74) is 2.31. The van der Waals surface area contributed by atoms with Gasteiger partial charge in [-0.05, 0) is 27.9 Å². The minimum absolute atomic E-state index is 0.179. The van der Waals surface area contributed by atoms with Gasteiger partial charge in [-0.15, -0.1) is 0 Å². The van der Waals surface area contributed by atoms with Crippen LogP contribution in [0.25, 0.3) is 5.57 Å². The number of imidazole rings is 1. The Balaban J connectivity index is 2.70. The summed E-state index contributed by atoms with van der Waals surface area (Å²) < 4.78 is 1.93. The molecule has 1 aliphatic rings. The number of fused-ring (bicyclic) bond motifs is 1. The first kappa shape index (κ1) is 17.3. The van der Waals surface area contributed by atoms with E-state index >= 15 is 0 Å². The standard InChI is InChI=1S/C18H25N3O2/c1-7-12-13(8-2)16(22)17(23)15-14(12)19-18(11(3)4)21(15)10-9-20(5)6/h7-8,11H,9-10H2,1-6H3/b12-7+,13-8+. The van der Waals surface area contributed by atoms with E-state index in [0.29, 0.717) is 23.5 Å². The summed E-state index contributed by atoms with van der Waals surface area (Å²) in [4.78, 5) is 31.9. The van der Waals surface area contributed by atoms with Crippen LogP contribution in [0.4, 0.5) is 0 Å². The van der Waals surface area contributed by atoms with E-state index < -0.39 is 11.6 Å². The van der Waals surface area contributed by atoms with E-state index in [1.165, 1.54) is 0 Å². The lowest BCUT2D eigenvalue weighted by Crippen LogP contribution is -2.29. The van der Waals surface area contributed by atoms with Crippen molar-refractivity contribution in [3.8, 4) is 0 Å². The molecule has 0 aromatic carbocycles. The van der Waals surface area contributed by atoms with Gasteiger partial charge in [0, 0.05) is 30.2 Å². The van der Waals surface area contributed by atoms with Gasteiger partial charge in [-0.3, -0.25) is 9.59 Å². The molecule has 0 atom stereocenters. The van der Waals surface area contributed by atoms with Gasteiger partial charge in [0.15, 0.2) is 0 Å². The zero-order chi connectivity index (χ0) is 17.3. The minimum atomic E-state index is -0.447. The highest BCUT2D eigenvalue weighted by molar-refractivity contribution is 6.54. The quantitative estimate of drug-likeness (QED) is 0.633. The van der Waals surface area contributed by atoms with Gasteiger partial charge in [0.25, 0.3) is 5.78 Å². The normalized spacial score (nSPS) is 18.6. The molecule has 0 radical (unpaired) electrons. The number of Topliss-reactive ketones (excluding diaryl/α,β-unsaturated/α-hetero) is 2. The lowest BCUT2D eigenvalue weighted by molar-refractivity contribution is -0.111. The average Bonchev–Trinajstić information content (AvgIpc) is 2.88. The Morgan fingerprint density at radius 3 is 2.17 bits per heavy atom. The largest absolute Gasteiger partial charge is 0.323 e. The van der Waals surface area contributed by atoms with Crippen LogP contribution in [0.15, 0.2) is 17.7 Å². The SMILES string of the molecule is C/C=C1/C(=O)C(=O)c2c(nc(C(C)C)n2CCN(C)C)/C1=C/C. The molecule has 0 fully saturated rings. The van der Waals surface area contributed by atoms with Gasteiger partial charge >= 0.3 is 0 Å². The summed E-state index contributed by atoms with van der Waals surface area (Å²) in [6.07, 6.45) is 3.57. The lowest BCUT2D eigenvalue weighted by Gasteiger charge is -2.19. The highest BCUT2D eigenvalue weighted by Gasteiger charge is 2.37. The Labute approximate surface area is 137 Å². The maximum Gasteiger partial charge on any atom is 0.252 e. The van der Waals surface area contributed by atoms with Crippen molar-refractivity contribution in [1.29, 1.82) is 0 Å². The number of aromatic nitrogens is 2. The number of allylic oxidation sites excluding steroid dienone is 4. The maximum atomic E-state index is 12.7. The molecule has 0 unspecified atom stereocenters. The molecule has 0 spiro atoms. The molecule has 1 aromatic rings. The molecule has 2 rings (SSSR count). The maximum absolute atomic E-state index is 12.7. The Morgan fingerprint density at radius 2 is 1.70 bits per heavy atom. The third-order valence-electron chi connectivity index (χ3n) is 4.07. The molecule has 0 N–H and O–H groups in total. The van der Waals surface area contributed by atoms with Gasteiger partial charge in [0.1, 0.15) is 17.2 Å². The third-order valence-corrected chi connectivity index (χ3v) is 4.07. The molecule has 0 saturated heterocycles. The molecule has 5 nitrogen and oxygen atoms in total. The molecule has 0 bridgehead atoms. The zero-order valence-corrected chi connectivity index (χ0v) is 14.8. The van der Waals surface area contributed by atoms with Crippen LogP contribution in [-0.2, 0) is 11.3 Å². The number of nitrogens with zero attached hydrogens (tertiary/aromatic N) is 3. The van der Waals surface area contributed by atoms with E-state index in [0.717, 1.165) is 17.9 Å². The number of carbonyl (C=O) groups excluding carboxylic acids is 2. The predicted octanol–water partition coefficient (Wildman–Crippen LogP) is 2.68. The fourth-order valence-electron chi connectivity index (χ4n) is 2.91. The van der Waals surface area contributed by atoms with Gasteiger partial charge in [-0.1, -0.05) is 26.0 Å². The van der Waals surface area contributed by atoms with Crippen molar-refractivity contribution in [2.24, 2.45) is 0 Å². The van der Waals surface area contributed by atoms with Crippen molar-refractivity contribution < 1.29 is 9.59 Å². The average molecular weight is 315 g/mol. The van der Waals surface area contributed by atoms with Crippen LogP contribution < -0.4 is 0 Å². The summed E-state index contributed by atoms with van der Waals surface area (Å²) in [6, 6.07) is 0. The van der Waals surface area contributed by atoms with Crippen molar-refractivity contribution in [3.63, 3.8) is 0 Å². The summed E-state index contributed by atoms with van der Waals surface area (Å²) >= 11 is 0. The van der Waals surface area contributed by atoms with E-state index in [9.17, 15) is 9.59 Å². The second-order valence-electron chi connectivity index (χ2n) is 6.34. The molecule has 1 aromatic heterocycles. The van der Waals surface area contributed by atoms with E-state index in [1.54, 1.807) is 13.0 Å². The minimum Gasteiger partial charge on any atom is -0.323 e. The van der Waals surface area contributed by atoms with Crippen LogP contribution in [0.5, 0.6) is 0 Å². The monoisotopic (exact) mass is 315 g/mol. The van der Waals surface area contributed by atoms with Crippen LogP contribution >= 0.6 is 0 Å². The topological polar surface area (TPSA) is 55.2 Å². The van der Waals surface area contributed by atoms with Gasteiger partial charge < -0.3 is 9.47 Å². The Kier molecular flexibility index (Phi) is 5.00. The summed E-state index contributed by atoms with van der Waals surface area (Å²) in [7, 11) is 3.97. The molecule has 23 heavy (non-hydrogen) atoms. The Morgan fingerprint density at radius 1 is 1.09 bits per heavy atom. The molecular weight excluding hydrogens is 290 g/mol. The molecule has 1 heterocycles. The molecule has 0 aliphatic heterocycles. The molecule has 124 valence electrons.